The van der Waals surface area contributed by atoms with Crippen LogP contribution in [0, 0.1) is 0 Å². The number of hydrogen-bond donors (Lipinski definition) is 1. The first-order valence-corrected chi connectivity index (χ1v) is 4.10. The molecule has 0 bridgehead atoms. The summed E-state index contributed by atoms with van der Waals surface area (Å²) >= 11 is 5.54. The standard InChI is InChI=1S/C8H7ClF2N2O/c9-7-6(3-14)4(1-12)5(2-13-7)8(10)11/h2-3,8H,1,12H2. The number of aromatic nitrogens is 1. The lowest BCUT2D eigenvalue weighted by Gasteiger charge is -2.09. The van der Waals surface area contributed by atoms with E-state index >= 15 is 0 Å². The molecular weight excluding hydrogens is 214 g/mol. The topological polar surface area (TPSA) is 56.0 Å². The number of rotatable bonds is 3. The minimum absolute atomic E-state index is 0.0509. The highest BCUT2D eigenvalue weighted by atomic mass is 35.5. The van der Waals surface area contributed by atoms with Crippen LogP contribution in [-0.2, 0) is 6.54 Å². The van der Waals surface area contributed by atoms with Gasteiger partial charge in [-0.1, -0.05) is 11.6 Å². The van der Waals surface area contributed by atoms with E-state index in [9.17, 15) is 13.6 Å². The third kappa shape index (κ3) is 1.88. The van der Waals surface area contributed by atoms with Crippen LogP contribution >= 0.6 is 11.6 Å². The predicted molar refractivity (Wildman–Crippen MR) is 47.5 cm³/mol. The Morgan fingerprint density at radius 2 is 2.29 bits per heavy atom. The summed E-state index contributed by atoms with van der Waals surface area (Å²) in [6.45, 7) is -0.171. The van der Waals surface area contributed by atoms with Crippen LogP contribution in [0.2, 0.25) is 5.15 Å². The molecule has 0 aliphatic rings. The summed E-state index contributed by atoms with van der Waals surface area (Å²) < 4.78 is 24.8. The van der Waals surface area contributed by atoms with E-state index in [1.807, 2.05) is 0 Å². The molecular formula is C8H7ClF2N2O. The van der Waals surface area contributed by atoms with Gasteiger partial charge in [0.2, 0.25) is 0 Å². The van der Waals surface area contributed by atoms with Crippen molar-refractivity contribution in [2.75, 3.05) is 0 Å². The van der Waals surface area contributed by atoms with Gasteiger partial charge in [-0.15, -0.1) is 0 Å². The molecule has 0 radical (unpaired) electrons. The second-order valence-electron chi connectivity index (χ2n) is 2.52. The molecule has 1 heterocycles. The minimum Gasteiger partial charge on any atom is -0.326 e. The number of nitrogens with two attached hydrogens (primary N) is 1. The van der Waals surface area contributed by atoms with Crippen LogP contribution in [-0.4, -0.2) is 11.3 Å². The van der Waals surface area contributed by atoms with Gasteiger partial charge in [-0.05, 0) is 5.56 Å². The molecule has 1 rings (SSSR count). The van der Waals surface area contributed by atoms with E-state index < -0.39 is 6.43 Å². The summed E-state index contributed by atoms with van der Waals surface area (Å²) in [6, 6.07) is 0. The zero-order chi connectivity index (χ0) is 10.7. The van der Waals surface area contributed by atoms with Crippen LogP contribution in [0.4, 0.5) is 8.78 Å². The summed E-state index contributed by atoms with van der Waals surface area (Å²) in [6.07, 6.45) is -1.40. The second kappa shape index (κ2) is 4.43. The van der Waals surface area contributed by atoms with Crippen molar-refractivity contribution in [1.29, 1.82) is 0 Å². The van der Waals surface area contributed by atoms with E-state index in [0.29, 0.717) is 6.29 Å². The Kier molecular flexibility index (Phi) is 3.49. The van der Waals surface area contributed by atoms with E-state index in [-0.39, 0.29) is 28.4 Å². The third-order valence-electron chi connectivity index (χ3n) is 1.77. The molecule has 0 unspecified atom stereocenters. The molecule has 0 amide bonds. The lowest BCUT2D eigenvalue weighted by Crippen LogP contribution is -2.08. The van der Waals surface area contributed by atoms with Crippen molar-refractivity contribution < 1.29 is 13.6 Å². The highest BCUT2D eigenvalue weighted by molar-refractivity contribution is 6.31. The normalized spacial score (nSPS) is 10.6. The number of nitrogens with zero attached hydrogens (tertiary/aromatic N) is 1. The van der Waals surface area contributed by atoms with E-state index in [2.05, 4.69) is 4.98 Å². The molecule has 0 aliphatic heterocycles. The molecule has 0 fully saturated rings. The zero-order valence-corrected chi connectivity index (χ0v) is 7.76. The molecule has 3 nitrogen and oxygen atoms in total. The average molecular weight is 221 g/mol. The van der Waals surface area contributed by atoms with Crippen LogP contribution < -0.4 is 5.73 Å². The van der Waals surface area contributed by atoms with Crippen molar-refractivity contribution in [3.8, 4) is 0 Å². The predicted octanol–water partition coefficient (Wildman–Crippen LogP) is 1.94. The van der Waals surface area contributed by atoms with Crippen molar-refractivity contribution in [3.05, 3.63) is 28.0 Å². The van der Waals surface area contributed by atoms with Crippen molar-refractivity contribution in [2.24, 2.45) is 5.73 Å². The summed E-state index contributed by atoms with van der Waals surface area (Å²) in [5, 5.41) is -0.107. The number of alkyl halides is 2. The number of carbonyl (C=O) groups excluding carboxylic acids is 1. The zero-order valence-electron chi connectivity index (χ0n) is 7.01. The summed E-state index contributed by atoms with van der Waals surface area (Å²) in [5.74, 6) is 0. The summed E-state index contributed by atoms with van der Waals surface area (Å²) in [7, 11) is 0. The van der Waals surface area contributed by atoms with Crippen LogP contribution in [0.3, 0.4) is 0 Å². The highest BCUT2D eigenvalue weighted by Crippen LogP contribution is 2.26. The second-order valence-corrected chi connectivity index (χ2v) is 2.88. The van der Waals surface area contributed by atoms with Gasteiger partial charge in [0, 0.05) is 18.3 Å². The van der Waals surface area contributed by atoms with Crippen LogP contribution in [0.5, 0.6) is 0 Å². The minimum atomic E-state index is -2.71. The molecule has 0 aliphatic carbocycles. The Bertz CT molecular complexity index is 357. The first kappa shape index (κ1) is 11.0. The lowest BCUT2D eigenvalue weighted by molar-refractivity contribution is 0.112. The molecule has 2 N–H and O–H groups in total. The van der Waals surface area contributed by atoms with Gasteiger partial charge in [0.05, 0.1) is 5.56 Å². The van der Waals surface area contributed by atoms with Gasteiger partial charge in [-0.2, -0.15) is 0 Å². The van der Waals surface area contributed by atoms with E-state index in [4.69, 9.17) is 17.3 Å². The molecule has 0 spiro atoms. The van der Waals surface area contributed by atoms with Crippen LogP contribution in [0.25, 0.3) is 0 Å². The van der Waals surface area contributed by atoms with Crippen molar-refractivity contribution in [1.82, 2.24) is 4.98 Å². The Morgan fingerprint density at radius 1 is 1.64 bits per heavy atom. The fourth-order valence-electron chi connectivity index (χ4n) is 1.09. The smallest absolute Gasteiger partial charge is 0.265 e. The van der Waals surface area contributed by atoms with Gasteiger partial charge in [0.1, 0.15) is 5.15 Å². The molecule has 1 aromatic rings. The SMILES string of the molecule is NCc1c(C(F)F)cnc(Cl)c1C=O. The first-order chi connectivity index (χ1) is 6.61. The van der Waals surface area contributed by atoms with Gasteiger partial charge in [0.25, 0.3) is 6.43 Å². The molecule has 0 saturated carbocycles. The van der Waals surface area contributed by atoms with E-state index in [1.54, 1.807) is 0 Å². The van der Waals surface area contributed by atoms with Crippen molar-refractivity contribution in [2.45, 2.75) is 13.0 Å². The van der Waals surface area contributed by atoms with Gasteiger partial charge in [-0.3, -0.25) is 4.79 Å². The fraction of sp³-hybridized carbons (Fsp3) is 0.250. The quantitative estimate of drug-likeness (QED) is 0.626. The van der Waals surface area contributed by atoms with Gasteiger partial charge >= 0.3 is 0 Å². The lowest BCUT2D eigenvalue weighted by atomic mass is 10.1. The van der Waals surface area contributed by atoms with Gasteiger partial charge < -0.3 is 5.73 Å². The number of halogens is 3. The number of pyridine rings is 1. The largest absolute Gasteiger partial charge is 0.326 e. The molecule has 0 saturated heterocycles. The van der Waals surface area contributed by atoms with Gasteiger partial charge in [-0.25, -0.2) is 13.8 Å². The molecule has 14 heavy (non-hydrogen) atoms. The summed E-state index contributed by atoms with van der Waals surface area (Å²) in [4.78, 5) is 14.0. The Morgan fingerprint density at radius 3 is 2.71 bits per heavy atom. The van der Waals surface area contributed by atoms with Crippen molar-refractivity contribution >= 4 is 17.9 Å². The third-order valence-corrected chi connectivity index (χ3v) is 2.07. The maximum absolute atomic E-state index is 12.4. The van der Waals surface area contributed by atoms with E-state index in [0.717, 1.165) is 6.20 Å². The Labute approximate surface area is 83.9 Å². The van der Waals surface area contributed by atoms with Crippen LogP contribution in [0.15, 0.2) is 6.20 Å². The fourth-order valence-corrected chi connectivity index (χ4v) is 1.30. The van der Waals surface area contributed by atoms with Gasteiger partial charge in [0.15, 0.2) is 6.29 Å². The Hall–Kier alpha value is -1.07. The molecule has 0 atom stereocenters. The number of carbonyl (C=O) groups is 1. The maximum Gasteiger partial charge on any atom is 0.265 e. The average Bonchev–Trinajstić information content (AvgIpc) is 2.16. The Balaban J connectivity index is 3.40. The first-order valence-electron chi connectivity index (χ1n) is 3.72. The molecule has 0 aromatic carbocycles. The maximum atomic E-state index is 12.4. The molecule has 76 valence electrons. The van der Waals surface area contributed by atoms with Crippen LogP contribution in [0.1, 0.15) is 27.9 Å². The summed E-state index contributed by atoms with van der Waals surface area (Å²) in [5.41, 5.74) is 4.89. The van der Waals surface area contributed by atoms with E-state index in [1.165, 1.54) is 0 Å². The monoisotopic (exact) mass is 220 g/mol. The number of aldehydes is 1. The highest BCUT2D eigenvalue weighted by Gasteiger charge is 2.18. The van der Waals surface area contributed by atoms with Crippen molar-refractivity contribution in [3.63, 3.8) is 0 Å². The molecule has 1 aromatic heterocycles. The number of hydrogen-bond acceptors (Lipinski definition) is 3. The molecule has 6 heteroatoms.